The van der Waals surface area contributed by atoms with Gasteiger partial charge in [0.15, 0.2) is 11.6 Å². The van der Waals surface area contributed by atoms with Crippen molar-refractivity contribution in [1.29, 1.82) is 0 Å². The Bertz CT molecular complexity index is 1100. The molecule has 1 fully saturated rings. The molecule has 3 aliphatic rings. The Morgan fingerprint density at radius 1 is 1.03 bits per heavy atom. The highest BCUT2D eigenvalue weighted by molar-refractivity contribution is 5.91. The molecular weight excluding hydrogens is 366 g/mol. The molecule has 0 atom stereocenters. The first-order valence-corrected chi connectivity index (χ1v) is 9.69. The van der Waals surface area contributed by atoms with Gasteiger partial charge in [-0.25, -0.2) is 9.97 Å². The number of nitrogens with zero attached hydrogens (tertiary/aromatic N) is 4. The molecule has 2 aromatic rings. The molecule has 1 saturated heterocycles. The average Bonchev–Trinajstić information content (AvgIpc) is 3.43. The molecule has 0 saturated carbocycles. The molecule has 0 radical (unpaired) electrons. The van der Waals surface area contributed by atoms with Gasteiger partial charge in [-0.05, 0) is 25.1 Å². The third kappa shape index (κ3) is 3.24. The second-order valence-corrected chi connectivity index (χ2v) is 7.17. The SMILES string of the molecule is Cc1nc(N2CCN(C(=O)c3ccco3)CC2)c2nc(-c3ccccc3)cc-2[nH]1. The van der Waals surface area contributed by atoms with E-state index in [0.717, 1.165) is 34.3 Å². The van der Waals surface area contributed by atoms with E-state index in [2.05, 4.69) is 28.1 Å². The minimum Gasteiger partial charge on any atom is -0.459 e. The Morgan fingerprint density at radius 2 is 1.83 bits per heavy atom. The fourth-order valence-electron chi connectivity index (χ4n) is 3.77. The Labute approximate surface area is 168 Å². The first-order chi connectivity index (χ1) is 14.2. The lowest BCUT2D eigenvalue weighted by molar-refractivity contribution is 0.0714. The standard InChI is InChI=1S/C22H21N5O2/c1-15-23-18-14-17(16-6-3-2-4-7-16)25-20(18)21(24-15)26-9-11-27(12-10-26)22(28)19-8-5-13-29-19/h2-8,13-14H,9-12H2,1H3,(H,23,24). The zero-order valence-electron chi connectivity index (χ0n) is 16.1. The van der Waals surface area contributed by atoms with Crippen molar-refractivity contribution in [1.82, 2.24) is 19.9 Å². The summed E-state index contributed by atoms with van der Waals surface area (Å²) < 4.78 is 5.25. The van der Waals surface area contributed by atoms with Gasteiger partial charge in [-0.15, -0.1) is 0 Å². The van der Waals surface area contributed by atoms with Crippen LogP contribution in [-0.2, 0) is 0 Å². The number of furan rings is 1. The van der Waals surface area contributed by atoms with Gasteiger partial charge in [0, 0.05) is 31.7 Å². The van der Waals surface area contributed by atoms with Crippen LogP contribution in [0.3, 0.4) is 0 Å². The molecule has 0 spiro atoms. The number of piperazine rings is 1. The average molecular weight is 387 g/mol. The van der Waals surface area contributed by atoms with Crippen LogP contribution in [0.25, 0.3) is 22.6 Å². The zero-order chi connectivity index (χ0) is 19.8. The lowest BCUT2D eigenvalue weighted by Crippen LogP contribution is -2.49. The van der Waals surface area contributed by atoms with Gasteiger partial charge >= 0.3 is 0 Å². The van der Waals surface area contributed by atoms with Crippen molar-refractivity contribution >= 4 is 11.7 Å². The van der Waals surface area contributed by atoms with E-state index in [0.29, 0.717) is 31.9 Å². The number of carbonyl (C=O) groups excluding carboxylic acids is 1. The quantitative estimate of drug-likeness (QED) is 0.583. The normalized spacial score (nSPS) is 14.5. The molecule has 0 unspecified atom stereocenters. The van der Waals surface area contributed by atoms with Crippen molar-refractivity contribution in [3.05, 3.63) is 66.4 Å². The molecule has 146 valence electrons. The van der Waals surface area contributed by atoms with Crippen molar-refractivity contribution in [3.8, 4) is 22.6 Å². The summed E-state index contributed by atoms with van der Waals surface area (Å²) in [6.07, 6.45) is 1.53. The third-order valence-corrected chi connectivity index (χ3v) is 5.24. The largest absolute Gasteiger partial charge is 0.459 e. The smallest absolute Gasteiger partial charge is 0.289 e. The maximum Gasteiger partial charge on any atom is 0.289 e. The van der Waals surface area contributed by atoms with E-state index in [1.807, 2.05) is 30.0 Å². The molecule has 1 N–H and O–H groups in total. The van der Waals surface area contributed by atoms with Crippen LogP contribution in [-0.4, -0.2) is 51.9 Å². The first kappa shape index (κ1) is 17.5. The van der Waals surface area contributed by atoms with Crippen LogP contribution in [0, 0.1) is 6.92 Å². The predicted molar refractivity (Wildman–Crippen MR) is 110 cm³/mol. The van der Waals surface area contributed by atoms with Crippen LogP contribution in [0.1, 0.15) is 16.4 Å². The predicted octanol–water partition coefficient (Wildman–Crippen LogP) is 3.44. The van der Waals surface area contributed by atoms with Gasteiger partial charge in [0.05, 0.1) is 17.7 Å². The molecule has 0 bridgehead atoms. The van der Waals surface area contributed by atoms with Crippen LogP contribution in [0.2, 0.25) is 0 Å². The summed E-state index contributed by atoms with van der Waals surface area (Å²) in [6, 6.07) is 15.6. The number of hydrogen-bond donors (Lipinski definition) is 1. The van der Waals surface area contributed by atoms with Crippen molar-refractivity contribution in [3.63, 3.8) is 0 Å². The highest BCUT2D eigenvalue weighted by Crippen LogP contribution is 2.34. The fraction of sp³-hybridized carbons (Fsp3) is 0.227. The Morgan fingerprint density at radius 3 is 2.55 bits per heavy atom. The number of aromatic nitrogens is 3. The Hall–Kier alpha value is -3.61. The number of anilines is 1. The molecule has 3 aliphatic heterocycles. The number of fused-ring (bicyclic) bond motifs is 1. The van der Waals surface area contributed by atoms with Crippen molar-refractivity contribution in [2.45, 2.75) is 6.92 Å². The number of nitrogens with one attached hydrogen (secondary N) is 1. The molecule has 7 heteroatoms. The van der Waals surface area contributed by atoms with Crippen LogP contribution in [0.4, 0.5) is 5.82 Å². The van der Waals surface area contributed by atoms with Crippen molar-refractivity contribution < 1.29 is 9.21 Å². The Kier molecular flexibility index (Phi) is 4.27. The maximum absolute atomic E-state index is 12.5. The number of hydrogen-bond acceptors (Lipinski definition) is 5. The van der Waals surface area contributed by atoms with E-state index in [1.54, 1.807) is 12.1 Å². The lowest BCUT2D eigenvalue weighted by atomic mass is 10.1. The molecule has 4 heterocycles. The molecule has 29 heavy (non-hydrogen) atoms. The third-order valence-electron chi connectivity index (χ3n) is 5.24. The van der Waals surface area contributed by atoms with E-state index in [1.165, 1.54) is 6.26 Å². The minimum absolute atomic E-state index is 0.0665. The molecule has 7 nitrogen and oxygen atoms in total. The summed E-state index contributed by atoms with van der Waals surface area (Å²) >= 11 is 0. The number of H-pyrrole nitrogens is 1. The maximum atomic E-state index is 12.5. The van der Waals surface area contributed by atoms with E-state index in [4.69, 9.17) is 14.4 Å². The number of aryl methyl sites for hydroxylation is 1. The van der Waals surface area contributed by atoms with Gasteiger partial charge in [0.1, 0.15) is 11.5 Å². The Balaban J connectivity index is 1.41. The summed E-state index contributed by atoms with van der Waals surface area (Å²) in [6.45, 7) is 4.59. The molecule has 0 aliphatic carbocycles. The zero-order valence-corrected chi connectivity index (χ0v) is 16.1. The number of carbonyl (C=O) groups is 1. The summed E-state index contributed by atoms with van der Waals surface area (Å²) in [7, 11) is 0. The van der Waals surface area contributed by atoms with Crippen molar-refractivity contribution in [2.24, 2.45) is 0 Å². The van der Waals surface area contributed by atoms with Crippen LogP contribution >= 0.6 is 0 Å². The van der Waals surface area contributed by atoms with Gasteiger partial charge in [-0.1, -0.05) is 30.3 Å². The van der Waals surface area contributed by atoms with E-state index in [-0.39, 0.29) is 5.91 Å². The van der Waals surface area contributed by atoms with Gasteiger partial charge < -0.3 is 19.2 Å². The summed E-state index contributed by atoms with van der Waals surface area (Å²) in [5.74, 6) is 2.02. The summed E-state index contributed by atoms with van der Waals surface area (Å²) in [5, 5.41) is 0. The molecule has 1 amide bonds. The molecule has 1 aromatic carbocycles. The summed E-state index contributed by atoms with van der Waals surface area (Å²) in [5.41, 5.74) is 3.84. The topological polar surface area (TPSA) is 78.3 Å². The highest BCUT2D eigenvalue weighted by Gasteiger charge is 2.27. The van der Waals surface area contributed by atoms with Crippen LogP contribution in [0.5, 0.6) is 0 Å². The number of amides is 1. The lowest BCUT2D eigenvalue weighted by Gasteiger charge is -2.35. The minimum atomic E-state index is -0.0665. The van der Waals surface area contributed by atoms with Gasteiger partial charge in [0.2, 0.25) is 0 Å². The second-order valence-electron chi connectivity index (χ2n) is 7.17. The van der Waals surface area contributed by atoms with E-state index >= 15 is 0 Å². The van der Waals surface area contributed by atoms with Crippen LogP contribution in [0.15, 0.2) is 59.2 Å². The van der Waals surface area contributed by atoms with E-state index in [9.17, 15) is 4.79 Å². The highest BCUT2D eigenvalue weighted by atomic mass is 16.3. The number of benzene rings is 1. The monoisotopic (exact) mass is 387 g/mol. The number of rotatable bonds is 3. The molecular formula is C22H21N5O2. The van der Waals surface area contributed by atoms with E-state index < -0.39 is 0 Å². The van der Waals surface area contributed by atoms with Crippen LogP contribution < -0.4 is 4.90 Å². The molecule has 5 rings (SSSR count). The second kappa shape index (κ2) is 7.09. The van der Waals surface area contributed by atoms with Crippen molar-refractivity contribution in [2.75, 3.05) is 31.1 Å². The summed E-state index contributed by atoms with van der Waals surface area (Å²) in [4.78, 5) is 29.5. The molecule has 1 aromatic heterocycles. The first-order valence-electron chi connectivity index (χ1n) is 9.69. The van der Waals surface area contributed by atoms with Gasteiger partial charge in [0.25, 0.3) is 5.91 Å². The fourth-order valence-corrected chi connectivity index (χ4v) is 3.77. The van der Waals surface area contributed by atoms with Gasteiger partial charge in [-0.3, -0.25) is 4.79 Å². The number of aromatic amines is 1. The van der Waals surface area contributed by atoms with Gasteiger partial charge in [-0.2, -0.15) is 0 Å².